The molecule has 0 aromatic heterocycles. The largest absolute Gasteiger partial charge is 0.301 e. The van der Waals surface area contributed by atoms with Crippen LogP contribution < -0.4 is 5.43 Å². The quantitative estimate of drug-likeness (QED) is 0.687. The van der Waals surface area contributed by atoms with Gasteiger partial charge in [-0.05, 0) is 12.1 Å². The van der Waals surface area contributed by atoms with Crippen LogP contribution in [0.3, 0.4) is 0 Å². The maximum Gasteiger partial charge on any atom is 0.204 e. The Bertz CT molecular complexity index is 387. The number of halogens is 1. The van der Waals surface area contributed by atoms with Crippen LogP contribution in [0.15, 0.2) is 29.4 Å². The standard InChI is InChI=1S/C9H7FN2O/c10-7-3-1-2-6(4-7)9-8(13)5-11-12-9/h1-4,11H,5H2. The van der Waals surface area contributed by atoms with Gasteiger partial charge < -0.3 is 5.43 Å². The van der Waals surface area contributed by atoms with Gasteiger partial charge in [0, 0.05) is 5.56 Å². The first-order valence-corrected chi connectivity index (χ1v) is 3.87. The van der Waals surface area contributed by atoms with Crippen molar-refractivity contribution in [2.75, 3.05) is 6.54 Å². The lowest BCUT2D eigenvalue weighted by Crippen LogP contribution is -2.15. The molecular formula is C9H7FN2O. The predicted molar refractivity (Wildman–Crippen MR) is 45.9 cm³/mol. The lowest BCUT2D eigenvalue weighted by Gasteiger charge is -1.96. The monoisotopic (exact) mass is 178 g/mol. The second-order valence-electron chi connectivity index (χ2n) is 2.73. The van der Waals surface area contributed by atoms with Crippen molar-refractivity contribution in [3.63, 3.8) is 0 Å². The van der Waals surface area contributed by atoms with E-state index in [2.05, 4.69) is 10.5 Å². The van der Waals surface area contributed by atoms with E-state index in [1.165, 1.54) is 12.1 Å². The smallest absolute Gasteiger partial charge is 0.204 e. The number of hydrogen-bond donors (Lipinski definition) is 1. The lowest BCUT2D eigenvalue weighted by molar-refractivity contribution is -0.111. The highest BCUT2D eigenvalue weighted by Crippen LogP contribution is 2.07. The summed E-state index contributed by atoms with van der Waals surface area (Å²) in [5.74, 6) is -0.467. The Morgan fingerprint density at radius 3 is 2.92 bits per heavy atom. The minimum absolute atomic E-state index is 0.106. The summed E-state index contributed by atoms with van der Waals surface area (Å²) >= 11 is 0. The Morgan fingerprint density at radius 1 is 1.46 bits per heavy atom. The fourth-order valence-corrected chi connectivity index (χ4v) is 1.20. The third-order valence-electron chi connectivity index (χ3n) is 1.79. The molecule has 0 unspecified atom stereocenters. The molecule has 0 saturated heterocycles. The fourth-order valence-electron chi connectivity index (χ4n) is 1.20. The maximum atomic E-state index is 12.8. The zero-order chi connectivity index (χ0) is 9.26. The summed E-state index contributed by atoms with van der Waals surface area (Å²) in [4.78, 5) is 11.2. The molecule has 66 valence electrons. The number of hydrazone groups is 1. The van der Waals surface area contributed by atoms with Crippen molar-refractivity contribution in [2.45, 2.75) is 0 Å². The van der Waals surface area contributed by atoms with E-state index in [9.17, 15) is 9.18 Å². The second-order valence-corrected chi connectivity index (χ2v) is 2.73. The summed E-state index contributed by atoms with van der Waals surface area (Å²) in [5, 5.41) is 3.78. The fraction of sp³-hybridized carbons (Fsp3) is 0.111. The summed E-state index contributed by atoms with van der Waals surface area (Å²) in [6.45, 7) is 0.200. The van der Waals surface area contributed by atoms with Crippen molar-refractivity contribution in [2.24, 2.45) is 5.10 Å². The van der Waals surface area contributed by atoms with Crippen LogP contribution in [0.1, 0.15) is 5.56 Å². The van der Waals surface area contributed by atoms with E-state index < -0.39 is 0 Å². The topological polar surface area (TPSA) is 41.5 Å². The molecule has 1 aliphatic rings. The van der Waals surface area contributed by atoms with E-state index in [1.807, 2.05) is 0 Å². The predicted octanol–water partition coefficient (Wildman–Crippen LogP) is 0.702. The Kier molecular flexibility index (Phi) is 1.81. The average Bonchev–Trinajstić information content (AvgIpc) is 2.51. The van der Waals surface area contributed by atoms with Crippen molar-refractivity contribution in [3.05, 3.63) is 35.6 Å². The van der Waals surface area contributed by atoms with Gasteiger partial charge in [0.15, 0.2) is 0 Å². The SMILES string of the molecule is O=C1CNN=C1c1cccc(F)c1. The molecule has 0 bridgehead atoms. The molecule has 1 aromatic carbocycles. The number of nitrogens with one attached hydrogen (secondary N) is 1. The van der Waals surface area contributed by atoms with Crippen molar-refractivity contribution < 1.29 is 9.18 Å². The van der Waals surface area contributed by atoms with Crippen LogP contribution in [0.5, 0.6) is 0 Å². The Labute approximate surface area is 74.3 Å². The van der Waals surface area contributed by atoms with Crippen LogP contribution in [0.4, 0.5) is 4.39 Å². The molecule has 13 heavy (non-hydrogen) atoms. The zero-order valence-electron chi connectivity index (χ0n) is 6.75. The van der Waals surface area contributed by atoms with E-state index in [0.717, 1.165) is 0 Å². The Balaban J connectivity index is 2.41. The molecule has 1 N–H and O–H groups in total. The number of carbonyl (C=O) groups excluding carboxylic acids is 1. The normalized spacial score (nSPS) is 15.5. The highest BCUT2D eigenvalue weighted by Gasteiger charge is 2.18. The van der Waals surface area contributed by atoms with Crippen molar-refractivity contribution in [1.82, 2.24) is 5.43 Å². The van der Waals surface area contributed by atoms with Crippen LogP contribution in [-0.2, 0) is 4.79 Å². The van der Waals surface area contributed by atoms with Gasteiger partial charge in [0.05, 0.1) is 6.54 Å². The zero-order valence-corrected chi connectivity index (χ0v) is 6.75. The molecular weight excluding hydrogens is 171 g/mol. The minimum Gasteiger partial charge on any atom is -0.301 e. The molecule has 0 fully saturated rings. The molecule has 0 atom stereocenters. The van der Waals surface area contributed by atoms with Crippen LogP contribution in [0.2, 0.25) is 0 Å². The van der Waals surface area contributed by atoms with Crippen molar-refractivity contribution >= 4 is 11.5 Å². The van der Waals surface area contributed by atoms with E-state index in [1.54, 1.807) is 12.1 Å². The van der Waals surface area contributed by atoms with Crippen molar-refractivity contribution in [1.29, 1.82) is 0 Å². The second kappa shape index (κ2) is 2.97. The van der Waals surface area contributed by atoms with E-state index in [0.29, 0.717) is 11.3 Å². The summed E-state index contributed by atoms with van der Waals surface area (Å²) in [5.41, 5.74) is 3.38. The van der Waals surface area contributed by atoms with Gasteiger partial charge in [-0.3, -0.25) is 4.79 Å². The highest BCUT2D eigenvalue weighted by atomic mass is 19.1. The van der Waals surface area contributed by atoms with Gasteiger partial charge in [-0.15, -0.1) is 0 Å². The first kappa shape index (κ1) is 7.91. The molecule has 1 aliphatic heterocycles. The molecule has 0 saturated carbocycles. The third-order valence-corrected chi connectivity index (χ3v) is 1.79. The van der Waals surface area contributed by atoms with E-state index >= 15 is 0 Å². The van der Waals surface area contributed by atoms with Crippen LogP contribution in [0, 0.1) is 5.82 Å². The van der Waals surface area contributed by atoms with Gasteiger partial charge in [-0.25, -0.2) is 4.39 Å². The summed E-state index contributed by atoms with van der Waals surface area (Å²) in [6, 6.07) is 5.84. The van der Waals surface area contributed by atoms with Gasteiger partial charge in [-0.2, -0.15) is 5.10 Å². The number of Topliss-reactive ketones (excluding diaryl/α,β-unsaturated/α-hetero) is 1. The van der Waals surface area contributed by atoms with Crippen LogP contribution >= 0.6 is 0 Å². The molecule has 0 radical (unpaired) electrons. The number of benzene rings is 1. The van der Waals surface area contributed by atoms with Crippen LogP contribution in [-0.4, -0.2) is 18.0 Å². The molecule has 0 aliphatic carbocycles. The molecule has 0 amide bonds. The lowest BCUT2D eigenvalue weighted by atomic mass is 10.1. The average molecular weight is 178 g/mol. The Hall–Kier alpha value is -1.71. The van der Waals surface area contributed by atoms with Gasteiger partial charge in [0.2, 0.25) is 5.78 Å². The number of carbonyl (C=O) groups is 1. The summed E-state index contributed by atoms with van der Waals surface area (Å²) < 4.78 is 12.8. The molecule has 0 spiro atoms. The van der Waals surface area contributed by atoms with E-state index in [-0.39, 0.29) is 18.1 Å². The van der Waals surface area contributed by atoms with E-state index in [4.69, 9.17) is 0 Å². The number of hydrogen-bond acceptors (Lipinski definition) is 3. The Morgan fingerprint density at radius 2 is 2.31 bits per heavy atom. The first-order chi connectivity index (χ1) is 6.27. The number of ketones is 1. The molecule has 1 aromatic rings. The van der Waals surface area contributed by atoms with Gasteiger partial charge in [-0.1, -0.05) is 12.1 Å². The molecule has 2 rings (SSSR count). The number of rotatable bonds is 1. The van der Waals surface area contributed by atoms with Gasteiger partial charge in [0.1, 0.15) is 11.5 Å². The van der Waals surface area contributed by atoms with Gasteiger partial charge in [0.25, 0.3) is 0 Å². The summed E-state index contributed by atoms with van der Waals surface area (Å²) in [7, 11) is 0. The highest BCUT2D eigenvalue weighted by molar-refractivity contribution is 6.47. The first-order valence-electron chi connectivity index (χ1n) is 3.87. The molecule has 3 nitrogen and oxygen atoms in total. The van der Waals surface area contributed by atoms with Gasteiger partial charge >= 0.3 is 0 Å². The minimum atomic E-state index is -0.361. The van der Waals surface area contributed by atoms with Crippen molar-refractivity contribution in [3.8, 4) is 0 Å². The third kappa shape index (κ3) is 1.42. The summed E-state index contributed by atoms with van der Waals surface area (Å²) in [6.07, 6.45) is 0. The molecule has 4 heteroatoms. The molecule has 1 heterocycles. The van der Waals surface area contributed by atoms with Crippen LogP contribution in [0.25, 0.3) is 0 Å². The maximum absolute atomic E-state index is 12.8. The number of nitrogens with zero attached hydrogens (tertiary/aromatic N) is 1.